The molecule has 1 unspecified atom stereocenters. The van der Waals surface area contributed by atoms with Crippen molar-refractivity contribution in [3.63, 3.8) is 0 Å². The SMILES string of the molecule is O=C(Nc1ccccc1)NC(Cc1c[nH]c2ccccc12)C(=O)NCc1cccs1. The lowest BCUT2D eigenvalue weighted by atomic mass is 10.0. The summed E-state index contributed by atoms with van der Waals surface area (Å²) < 4.78 is 0. The third-order valence-electron chi connectivity index (χ3n) is 4.77. The number of benzene rings is 2. The van der Waals surface area contributed by atoms with Crippen molar-refractivity contribution in [1.29, 1.82) is 0 Å². The molecule has 0 aliphatic heterocycles. The van der Waals surface area contributed by atoms with Gasteiger partial charge in [0, 0.05) is 34.1 Å². The van der Waals surface area contributed by atoms with Crippen molar-refractivity contribution in [3.8, 4) is 0 Å². The molecule has 4 N–H and O–H groups in total. The number of amides is 3. The van der Waals surface area contributed by atoms with E-state index >= 15 is 0 Å². The molecule has 2 aromatic heterocycles. The molecule has 2 heterocycles. The van der Waals surface area contributed by atoms with E-state index in [1.165, 1.54) is 0 Å². The molecule has 0 aliphatic carbocycles. The Morgan fingerprint density at radius 1 is 0.967 bits per heavy atom. The van der Waals surface area contributed by atoms with Gasteiger partial charge in [-0.25, -0.2) is 4.79 Å². The summed E-state index contributed by atoms with van der Waals surface area (Å²) in [6.45, 7) is 0.433. The molecule has 3 amide bonds. The van der Waals surface area contributed by atoms with Gasteiger partial charge in [-0.3, -0.25) is 4.79 Å². The van der Waals surface area contributed by atoms with E-state index in [1.54, 1.807) is 23.5 Å². The Balaban J connectivity index is 1.49. The largest absolute Gasteiger partial charge is 0.361 e. The van der Waals surface area contributed by atoms with Gasteiger partial charge in [-0.2, -0.15) is 0 Å². The van der Waals surface area contributed by atoms with Crippen molar-refractivity contribution >= 4 is 39.9 Å². The van der Waals surface area contributed by atoms with Crippen LogP contribution in [0.4, 0.5) is 10.5 Å². The minimum Gasteiger partial charge on any atom is -0.361 e. The highest BCUT2D eigenvalue weighted by Crippen LogP contribution is 2.19. The van der Waals surface area contributed by atoms with Gasteiger partial charge in [0.1, 0.15) is 6.04 Å². The Morgan fingerprint density at radius 3 is 2.57 bits per heavy atom. The zero-order valence-electron chi connectivity index (χ0n) is 16.2. The van der Waals surface area contributed by atoms with Crippen LogP contribution in [0.2, 0.25) is 0 Å². The second-order valence-electron chi connectivity index (χ2n) is 6.88. The Hall–Kier alpha value is -3.58. The number of para-hydroxylation sites is 2. The topological polar surface area (TPSA) is 86.0 Å². The maximum atomic E-state index is 12.9. The highest BCUT2D eigenvalue weighted by atomic mass is 32.1. The molecule has 0 saturated heterocycles. The van der Waals surface area contributed by atoms with E-state index in [0.29, 0.717) is 18.7 Å². The van der Waals surface area contributed by atoms with Crippen LogP contribution in [0.15, 0.2) is 78.3 Å². The monoisotopic (exact) mass is 418 g/mol. The van der Waals surface area contributed by atoms with Gasteiger partial charge in [-0.05, 0) is 35.2 Å². The second kappa shape index (κ2) is 9.28. The number of anilines is 1. The number of aromatic amines is 1. The summed E-state index contributed by atoms with van der Waals surface area (Å²) in [5.41, 5.74) is 2.64. The molecular formula is C23H22N4O2S. The molecule has 0 saturated carbocycles. The van der Waals surface area contributed by atoms with E-state index in [2.05, 4.69) is 20.9 Å². The highest BCUT2D eigenvalue weighted by Gasteiger charge is 2.22. The number of carbonyl (C=O) groups is 2. The molecule has 30 heavy (non-hydrogen) atoms. The van der Waals surface area contributed by atoms with E-state index in [-0.39, 0.29) is 5.91 Å². The van der Waals surface area contributed by atoms with E-state index in [4.69, 9.17) is 0 Å². The second-order valence-corrected chi connectivity index (χ2v) is 7.91. The number of thiophene rings is 1. The number of aromatic nitrogens is 1. The van der Waals surface area contributed by atoms with Gasteiger partial charge < -0.3 is 20.9 Å². The van der Waals surface area contributed by atoms with Gasteiger partial charge in [-0.15, -0.1) is 11.3 Å². The van der Waals surface area contributed by atoms with E-state index in [9.17, 15) is 9.59 Å². The number of nitrogens with one attached hydrogen (secondary N) is 4. The van der Waals surface area contributed by atoms with Crippen molar-refractivity contribution in [2.45, 2.75) is 19.0 Å². The van der Waals surface area contributed by atoms with Crippen LogP contribution in [0.3, 0.4) is 0 Å². The van der Waals surface area contributed by atoms with Crippen LogP contribution in [-0.2, 0) is 17.8 Å². The lowest BCUT2D eigenvalue weighted by molar-refractivity contribution is -0.123. The fraction of sp³-hybridized carbons (Fsp3) is 0.130. The fourth-order valence-electron chi connectivity index (χ4n) is 3.29. The van der Waals surface area contributed by atoms with Gasteiger partial charge in [0.15, 0.2) is 0 Å². The van der Waals surface area contributed by atoms with Crippen LogP contribution < -0.4 is 16.0 Å². The first kappa shape index (κ1) is 19.7. The zero-order chi connectivity index (χ0) is 20.8. The molecular weight excluding hydrogens is 396 g/mol. The summed E-state index contributed by atoms with van der Waals surface area (Å²) in [5.74, 6) is -0.225. The van der Waals surface area contributed by atoms with Crippen LogP contribution in [0, 0.1) is 0 Å². The molecule has 152 valence electrons. The lowest BCUT2D eigenvalue weighted by Crippen LogP contribution is -2.49. The van der Waals surface area contributed by atoms with E-state index < -0.39 is 12.1 Å². The number of hydrogen-bond donors (Lipinski definition) is 4. The standard InChI is InChI=1S/C23H22N4O2S/c28-22(25-15-18-9-6-12-30-18)21(27-23(29)26-17-7-2-1-3-8-17)13-16-14-24-20-11-5-4-10-19(16)20/h1-12,14,21,24H,13,15H2,(H,25,28)(H2,26,27,29). The average Bonchev–Trinajstić information content (AvgIpc) is 3.42. The first-order valence-corrected chi connectivity index (χ1v) is 10.5. The molecule has 0 spiro atoms. The zero-order valence-corrected chi connectivity index (χ0v) is 17.0. The molecule has 0 aliphatic rings. The maximum Gasteiger partial charge on any atom is 0.319 e. The van der Waals surface area contributed by atoms with Gasteiger partial charge in [0.25, 0.3) is 0 Å². The smallest absolute Gasteiger partial charge is 0.319 e. The third kappa shape index (κ3) is 4.87. The van der Waals surface area contributed by atoms with Crippen LogP contribution in [-0.4, -0.2) is 23.0 Å². The summed E-state index contributed by atoms with van der Waals surface area (Å²) in [7, 11) is 0. The summed E-state index contributed by atoms with van der Waals surface area (Å²) >= 11 is 1.58. The minimum absolute atomic E-state index is 0.225. The average molecular weight is 419 g/mol. The maximum absolute atomic E-state index is 12.9. The van der Waals surface area contributed by atoms with Crippen molar-refractivity contribution < 1.29 is 9.59 Å². The molecule has 0 radical (unpaired) electrons. The Labute approximate surface area is 178 Å². The molecule has 4 aromatic rings. The van der Waals surface area contributed by atoms with Crippen molar-refractivity contribution in [2.24, 2.45) is 0 Å². The van der Waals surface area contributed by atoms with Crippen molar-refractivity contribution in [2.75, 3.05) is 5.32 Å². The van der Waals surface area contributed by atoms with Gasteiger partial charge >= 0.3 is 6.03 Å². The number of urea groups is 1. The van der Waals surface area contributed by atoms with Gasteiger partial charge in [0.05, 0.1) is 6.54 Å². The predicted molar refractivity (Wildman–Crippen MR) is 121 cm³/mol. The predicted octanol–water partition coefficient (Wildman–Crippen LogP) is 4.28. The van der Waals surface area contributed by atoms with Crippen molar-refractivity contribution in [1.82, 2.24) is 15.6 Å². The van der Waals surface area contributed by atoms with E-state index in [0.717, 1.165) is 21.3 Å². The summed E-state index contributed by atoms with van der Waals surface area (Å²) in [6, 6.07) is 19.8. The number of H-pyrrole nitrogens is 1. The molecule has 4 rings (SSSR count). The molecule has 1 atom stereocenters. The quantitative estimate of drug-likeness (QED) is 0.361. The van der Waals surface area contributed by atoms with Gasteiger partial charge in [-0.1, -0.05) is 42.5 Å². The van der Waals surface area contributed by atoms with Gasteiger partial charge in [0.2, 0.25) is 5.91 Å². The summed E-state index contributed by atoms with van der Waals surface area (Å²) in [6.07, 6.45) is 2.27. The minimum atomic E-state index is -0.715. The molecule has 0 fully saturated rings. The molecule has 0 bridgehead atoms. The first-order valence-electron chi connectivity index (χ1n) is 9.67. The van der Waals surface area contributed by atoms with Crippen LogP contribution in [0.1, 0.15) is 10.4 Å². The van der Waals surface area contributed by atoms with E-state index in [1.807, 2.05) is 66.2 Å². The number of rotatable bonds is 7. The Morgan fingerprint density at radius 2 is 1.77 bits per heavy atom. The fourth-order valence-corrected chi connectivity index (χ4v) is 3.93. The molecule has 6 nitrogen and oxygen atoms in total. The van der Waals surface area contributed by atoms with Crippen molar-refractivity contribution in [3.05, 3.63) is 88.7 Å². The first-order chi connectivity index (χ1) is 14.7. The Kier molecular flexibility index (Phi) is 6.10. The number of fused-ring (bicyclic) bond motifs is 1. The normalized spacial score (nSPS) is 11.7. The summed E-state index contributed by atoms with van der Waals surface area (Å²) in [4.78, 5) is 29.8. The van der Waals surface area contributed by atoms with Crippen LogP contribution in [0.25, 0.3) is 10.9 Å². The summed E-state index contributed by atoms with van der Waals surface area (Å²) in [5, 5.41) is 11.5. The highest BCUT2D eigenvalue weighted by molar-refractivity contribution is 7.09. The van der Waals surface area contributed by atoms with Crippen LogP contribution in [0.5, 0.6) is 0 Å². The Bertz CT molecular complexity index is 1120. The molecule has 2 aromatic carbocycles. The lowest BCUT2D eigenvalue weighted by Gasteiger charge is -2.19. The number of hydrogen-bond acceptors (Lipinski definition) is 3. The number of carbonyl (C=O) groups excluding carboxylic acids is 2. The van der Waals surface area contributed by atoms with Crippen LogP contribution >= 0.6 is 11.3 Å². The third-order valence-corrected chi connectivity index (χ3v) is 5.65. The molecule has 7 heteroatoms.